The number of guanidine groups is 1. The summed E-state index contributed by atoms with van der Waals surface area (Å²) in [6, 6.07) is 7.94. The van der Waals surface area contributed by atoms with E-state index >= 15 is 0 Å². The largest absolute Gasteiger partial charge is 0.379 e. The minimum Gasteiger partial charge on any atom is -0.379 e. The molecular weight excluding hydrogens is 354 g/mol. The maximum Gasteiger partial charge on any atom is 0.225 e. The molecule has 7 nitrogen and oxygen atoms in total. The number of ether oxygens (including phenoxy) is 1. The molecule has 1 aliphatic heterocycles. The Morgan fingerprint density at radius 1 is 1.21 bits per heavy atom. The van der Waals surface area contributed by atoms with Crippen LogP contribution in [-0.4, -0.2) is 63.2 Å². The molecule has 1 amide bonds. The van der Waals surface area contributed by atoms with Crippen molar-refractivity contribution in [2.75, 3.05) is 51.8 Å². The number of rotatable bonds is 10. The van der Waals surface area contributed by atoms with Crippen molar-refractivity contribution in [1.29, 1.82) is 0 Å². The fourth-order valence-electron chi connectivity index (χ4n) is 3.06. The number of carbonyl (C=O) groups is 1. The summed E-state index contributed by atoms with van der Waals surface area (Å²) >= 11 is 0. The van der Waals surface area contributed by atoms with E-state index in [-0.39, 0.29) is 5.91 Å². The van der Waals surface area contributed by atoms with E-state index in [0.29, 0.717) is 13.0 Å². The Bertz CT molecular complexity index is 615. The van der Waals surface area contributed by atoms with Gasteiger partial charge < -0.3 is 20.7 Å². The molecule has 0 unspecified atom stereocenters. The molecule has 0 aliphatic carbocycles. The predicted octanol–water partition coefficient (Wildman–Crippen LogP) is 2.20. The van der Waals surface area contributed by atoms with Gasteiger partial charge in [-0.3, -0.25) is 14.7 Å². The van der Waals surface area contributed by atoms with Gasteiger partial charge in [-0.05, 0) is 24.1 Å². The Hall–Kier alpha value is -2.12. The van der Waals surface area contributed by atoms with Crippen LogP contribution in [0.2, 0.25) is 0 Å². The number of nitrogens with zero attached hydrogens (tertiary/aromatic N) is 2. The number of nitrogens with one attached hydrogen (secondary N) is 3. The predicted molar refractivity (Wildman–Crippen MR) is 115 cm³/mol. The average molecular weight is 390 g/mol. The maximum absolute atomic E-state index is 12.2. The lowest BCUT2D eigenvalue weighted by Crippen LogP contribution is -2.38. The van der Waals surface area contributed by atoms with Crippen LogP contribution in [0.3, 0.4) is 0 Å². The van der Waals surface area contributed by atoms with Crippen molar-refractivity contribution in [2.24, 2.45) is 4.99 Å². The normalized spacial score (nSPS) is 15.3. The third kappa shape index (κ3) is 8.71. The third-order valence-corrected chi connectivity index (χ3v) is 4.73. The van der Waals surface area contributed by atoms with Gasteiger partial charge in [0.15, 0.2) is 5.96 Å². The molecule has 0 atom stereocenters. The summed E-state index contributed by atoms with van der Waals surface area (Å²) in [5.41, 5.74) is 1.93. The van der Waals surface area contributed by atoms with Crippen LogP contribution in [-0.2, 0) is 16.1 Å². The Balaban J connectivity index is 1.73. The third-order valence-electron chi connectivity index (χ3n) is 4.73. The number of carbonyl (C=O) groups excluding carboxylic acids is 1. The van der Waals surface area contributed by atoms with Gasteiger partial charge in [0.05, 0.1) is 13.2 Å². The molecule has 1 aromatic carbocycles. The second-order valence-electron chi connectivity index (χ2n) is 7.01. The molecule has 2 rings (SSSR count). The Morgan fingerprint density at radius 2 is 2.04 bits per heavy atom. The SMILES string of the molecule is CCCCCNC(=NC)NCc1cccc(NC(=O)CCN2CCOCC2)c1. The standard InChI is InChI=1S/C21H35N5O2/c1-3-4-5-10-23-21(22-2)24-17-18-7-6-8-19(16-18)25-20(27)9-11-26-12-14-28-15-13-26/h6-8,16H,3-5,9-15,17H2,1-2H3,(H,25,27)(H2,22,23,24). The van der Waals surface area contributed by atoms with Crippen LogP contribution >= 0.6 is 0 Å². The van der Waals surface area contributed by atoms with E-state index in [1.165, 1.54) is 12.8 Å². The van der Waals surface area contributed by atoms with Crippen molar-refractivity contribution < 1.29 is 9.53 Å². The smallest absolute Gasteiger partial charge is 0.225 e. The molecule has 28 heavy (non-hydrogen) atoms. The summed E-state index contributed by atoms with van der Waals surface area (Å²) in [5, 5.41) is 9.65. The van der Waals surface area contributed by atoms with Crippen LogP contribution in [0.5, 0.6) is 0 Å². The van der Waals surface area contributed by atoms with Gasteiger partial charge in [-0.15, -0.1) is 0 Å². The van der Waals surface area contributed by atoms with Gasteiger partial charge in [-0.2, -0.15) is 0 Å². The summed E-state index contributed by atoms with van der Waals surface area (Å²) in [5.74, 6) is 0.848. The molecule has 1 heterocycles. The molecule has 1 saturated heterocycles. The van der Waals surface area contributed by atoms with Gasteiger partial charge in [0.25, 0.3) is 0 Å². The molecule has 0 spiro atoms. The van der Waals surface area contributed by atoms with Gasteiger partial charge >= 0.3 is 0 Å². The Morgan fingerprint density at radius 3 is 2.79 bits per heavy atom. The summed E-state index contributed by atoms with van der Waals surface area (Å²) in [6.45, 7) is 7.88. The fourth-order valence-corrected chi connectivity index (χ4v) is 3.06. The van der Waals surface area contributed by atoms with Crippen LogP contribution in [0.1, 0.15) is 38.2 Å². The number of hydrogen-bond donors (Lipinski definition) is 3. The van der Waals surface area contributed by atoms with Crippen molar-refractivity contribution in [1.82, 2.24) is 15.5 Å². The van der Waals surface area contributed by atoms with Crippen LogP contribution in [0, 0.1) is 0 Å². The highest BCUT2D eigenvalue weighted by Gasteiger charge is 2.12. The summed E-state index contributed by atoms with van der Waals surface area (Å²) in [4.78, 5) is 18.8. The number of unbranched alkanes of at least 4 members (excludes halogenated alkanes) is 2. The van der Waals surface area contributed by atoms with Crippen molar-refractivity contribution in [3.05, 3.63) is 29.8 Å². The quantitative estimate of drug-likeness (QED) is 0.325. The van der Waals surface area contributed by atoms with Crippen molar-refractivity contribution in [3.8, 4) is 0 Å². The van der Waals surface area contributed by atoms with Crippen molar-refractivity contribution >= 4 is 17.6 Å². The Kier molecular flexibility index (Phi) is 10.4. The zero-order chi connectivity index (χ0) is 20.0. The zero-order valence-corrected chi connectivity index (χ0v) is 17.3. The van der Waals surface area contributed by atoms with E-state index in [1.54, 1.807) is 7.05 Å². The molecule has 1 fully saturated rings. The van der Waals surface area contributed by atoms with Crippen LogP contribution in [0.15, 0.2) is 29.3 Å². The average Bonchev–Trinajstić information content (AvgIpc) is 2.73. The Labute approximate surface area is 168 Å². The molecule has 0 bridgehead atoms. The highest BCUT2D eigenvalue weighted by atomic mass is 16.5. The fraction of sp³-hybridized carbons (Fsp3) is 0.619. The summed E-state index contributed by atoms with van der Waals surface area (Å²) in [7, 11) is 1.78. The molecule has 3 N–H and O–H groups in total. The number of benzene rings is 1. The van der Waals surface area contributed by atoms with Crippen LogP contribution in [0.25, 0.3) is 0 Å². The number of aliphatic imine (C=N–C) groups is 1. The molecule has 0 saturated carbocycles. The minimum absolute atomic E-state index is 0.0463. The molecule has 0 aromatic heterocycles. The monoisotopic (exact) mass is 389 g/mol. The van der Waals surface area contributed by atoms with E-state index in [9.17, 15) is 4.79 Å². The van der Waals surface area contributed by atoms with Crippen LogP contribution in [0.4, 0.5) is 5.69 Å². The second kappa shape index (κ2) is 13.1. The van der Waals surface area contributed by atoms with Gasteiger partial charge in [-0.25, -0.2) is 0 Å². The lowest BCUT2D eigenvalue weighted by molar-refractivity contribution is -0.116. The van der Waals surface area contributed by atoms with E-state index < -0.39 is 0 Å². The highest BCUT2D eigenvalue weighted by Crippen LogP contribution is 2.11. The van der Waals surface area contributed by atoms with Gasteiger partial charge in [0.1, 0.15) is 0 Å². The topological polar surface area (TPSA) is 78.0 Å². The highest BCUT2D eigenvalue weighted by molar-refractivity contribution is 5.90. The zero-order valence-electron chi connectivity index (χ0n) is 17.3. The summed E-state index contributed by atoms with van der Waals surface area (Å²) < 4.78 is 5.33. The number of morpholine rings is 1. The second-order valence-corrected chi connectivity index (χ2v) is 7.01. The first-order valence-corrected chi connectivity index (χ1v) is 10.3. The first-order chi connectivity index (χ1) is 13.7. The molecule has 1 aliphatic rings. The molecule has 0 radical (unpaired) electrons. The lowest BCUT2D eigenvalue weighted by Gasteiger charge is -2.26. The van der Waals surface area contributed by atoms with Crippen molar-refractivity contribution in [3.63, 3.8) is 0 Å². The van der Waals surface area contributed by atoms with Gasteiger partial charge in [0, 0.05) is 51.9 Å². The molecule has 7 heteroatoms. The van der Waals surface area contributed by atoms with Crippen molar-refractivity contribution in [2.45, 2.75) is 39.2 Å². The number of hydrogen-bond acceptors (Lipinski definition) is 4. The van der Waals surface area contributed by atoms with E-state index in [1.807, 2.05) is 24.3 Å². The molecule has 1 aromatic rings. The van der Waals surface area contributed by atoms with E-state index in [0.717, 1.165) is 63.0 Å². The lowest BCUT2D eigenvalue weighted by atomic mass is 10.2. The minimum atomic E-state index is 0.0463. The number of anilines is 1. The first kappa shape index (κ1) is 22.2. The van der Waals surface area contributed by atoms with Gasteiger partial charge in [-0.1, -0.05) is 31.9 Å². The van der Waals surface area contributed by atoms with E-state index in [2.05, 4.69) is 32.8 Å². The molecular formula is C21H35N5O2. The number of amides is 1. The maximum atomic E-state index is 12.2. The first-order valence-electron chi connectivity index (χ1n) is 10.3. The van der Waals surface area contributed by atoms with E-state index in [4.69, 9.17) is 4.74 Å². The van der Waals surface area contributed by atoms with Gasteiger partial charge in [0.2, 0.25) is 5.91 Å². The summed E-state index contributed by atoms with van der Waals surface area (Å²) in [6.07, 6.45) is 4.07. The van der Waals surface area contributed by atoms with Crippen LogP contribution < -0.4 is 16.0 Å². The molecule has 156 valence electrons.